The summed E-state index contributed by atoms with van der Waals surface area (Å²) in [6.07, 6.45) is 4.23. The highest BCUT2D eigenvalue weighted by Gasteiger charge is 2.31. The number of thioether (sulfide) groups is 1. The molecule has 10 heteroatoms. The second-order valence-corrected chi connectivity index (χ2v) is 11.5. The van der Waals surface area contributed by atoms with Gasteiger partial charge in [0.25, 0.3) is 5.56 Å². The Labute approximate surface area is 240 Å². The number of H-pyrrole nitrogens is 1. The van der Waals surface area contributed by atoms with E-state index >= 15 is 0 Å². The fourth-order valence-corrected chi connectivity index (χ4v) is 6.47. The van der Waals surface area contributed by atoms with Crippen LogP contribution in [0.25, 0.3) is 22.0 Å². The predicted octanol–water partition coefficient (Wildman–Crippen LogP) is 7.84. The van der Waals surface area contributed by atoms with Gasteiger partial charge >= 0.3 is 6.18 Å². The van der Waals surface area contributed by atoms with E-state index in [4.69, 9.17) is 11.6 Å². The van der Waals surface area contributed by atoms with Gasteiger partial charge in [0.2, 0.25) is 0 Å². The first-order chi connectivity index (χ1) is 19.1. The van der Waals surface area contributed by atoms with Crippen LogP contribution in [0.15, 0.2) is 58.7 Å². The maximum atomic E-state index is 13.6. The van der Waals surface area contributed by atoms with E-state index in [0.717, 1.165) is 49.8 Å². The Kier molecular flexibility index (Phi) is 10.0. The third-order valence-corrected chi connectivity index (χ3v) is 8.64. The van der Waals surface area contributed by atoms with Gasteiger partial charge in [-0.05, 0) is 62.2 Å². The van der Waals surface area contributed by atoms with E-state index in [-0.39, 0.29) is 49.2 Å². The molecule has 0 bridgehead atoms. The van der Waals surface area contributed by atoms with Gasteiger partial charge in [0.1, 0.15) is 11.5 Å². The number of hydrogen-bond acceptors (Lipinski definition) is 5. The molecule has 0 spiro atoms. The fourth-order valence-electron chi connectivity index (χ4n) is 5.30. The first kappa shape index (κ1) is 30.2. The molecule has 1 fully saturated rings. The van der Waals surface area contributed by atoms with Crippen LogP contribution in [-0.4, -0.2) is 45.7 Å². The summed E-state index contributed by atoms with van der Waals surface area (Å²) in [6, 6.07) is 7.67. The second kappa shape index (κ2) is 13.3. The third-order valence-electron chi connectivity index (χ3n) is 7.26. The van der Waals surface area contributed by atoms with Crippen molar-refractivity contribution in [3.05, 3.63) is 70.0 Å². The van der Waals surface area contributed by atoms with Crippen molar-refractivity contribution in [1.29, 1.82) is 0 Å². The van der Waals surface area contributed by atoms with E-state index in [0.29, 0.717) is 18.9 Å². The Morgan fingerprint density at radius 2 is 1.93 bits per heavy atom. The summed E-state index contributed by atoms with van der Waals surface area (Å²) < 4.78 is 40.7. The number of aromatic amines is 1. The Balaban J connectivity index is 1.58. The molecule has 0 unspecified atom stereocenters. The average molecular weight is 593 g/mol. The van der Waals surface area contributed by atoms with Crippen LogP contribution in [0.4, 0.5) is 13.2 Å². The molecule has 1 saturated carbocycles. The van der Waals surface area contributed by atoms with Crippen molar-refractivity contribution in [3.63, 3.8) is 0 Å². The topological polar surface area (TPSA) is 73.4 Å². The van der Waals surface area contributed by atoms with Crippen molar-refractivity contribution in [2.75, 3.05) is 18.8 Å². The Bertz CT molecular complexity index is 1430. The number of Topliss-reactive ketones (excluding diaryl/α,β-unsaturated/α-hetero) is 1. The third kappa shape index (κ3) is 7.30. The summed E-state index contributed by atoms with van der Waals surface area (Å²) in [5, 5.41) is 10.9. The number of nitrogens with zero attached hydrogens (tertiary/aromatic N) is 1. The lowest BCUT2D eigenvalue weighted by Gasteiger charge is -2.33. The standard InChI is InChI=1S/C30H32ClF3N2O3S/c1-2-14-36(21-7-4-3-5-8-21)15-6-9-22(37)18-40-28-27(24-17-20(31)11-13-26(24)38)23-16-19(30(32,33)34)10-12-25(23)35-29(28)39/h2,10-13,16-17,21,38H,1,3-9,14-15,18H2,(H,35,39). The zero-order valence-electron chi connectivity index (χ0n) is 22.0. The van der Waals surface area contributed by atoms with E-state index in [1.807, 2.05) is 6.08 Å². The molecule has 1 heterocycles. The van der Waals surface area contributed by atoms with Crippen LogP contribution in [0.5, 0.6) is 5.75 Å². The van der Waals surface area contributed by atoms with Crippen molar-refractivity contribution in [2.45, 2.75) is 62.1 Å². The molecule has 2 aromatic carbocycles. The zero-order chi connectivity index (χ0) is 28.9. The largest absolute Gasteiger partial charge is 0.507 e. The van der Waals surface area contributed by atoms with E-state index < -0.39 is 17.3 Å². The number of benzene rings is 2. The number of aromatic hydroxyl groups is 1. The molecule has 5 nitrogen and oxygen atoms in total. The minimum atomic E-state index is -4.61. The summed E-state index contributed by atoms with van der Waals surface area (Å²) in [5.41, 5.74) is -1.06. The highest BCUT2D eigenvalue weighted by molar-refractivity contribution is 8.00. The molecular formula is C30H32ClF3N2O3S. The highest BCUT2D eigenvalue weighted by atomic mass is 35.5. The summed E-state index contributed by atoms with van der Waals surface area (Å²) in [6.45, 7) is 5.40. The quantitative estimate of drug-likeness (QED) is 0.175. The van der Waals surface area contributed by atoms with Crippen molar-refractivity contribution in [1.82, 2.24) is 9.88 Å². The van der Waals surface area contributed by atoms with Gasteiger partial charge in [0, 0.05) is 46.1 Å². The number of fused-ring (bicyclic) bond motifs is 1. The summed E-state index contributed by atoms with van der Waals surface area (Å²) in [4.78, 5) is 31.0. The highest BCUT2D eigenvalue weighted by Crippen LogP contribution is 2.42. The molecule has 3 aromatic rings. The number of phenolic OH excluding ortho intramolecular Hbond substituents is 1. The van der Waals surface area contributed by atoms with Crippen LogP contribution in [0, 0.1) is 0 Å². The lowest BCUT2D eigenvalue weighted by molar-refractivity contribution is -0.137. The molecule has 0 atom stereocenters. The molecule has 4 rings (SSSR count). The van der Waals surface area contributed by atoms with Gasteiger partial charge in [0.15, 0.2) is 0 Å². The average Bonchev–Trinajstić information content (AvgIpc) is 2.92. The van der Waals surface area contributed by atoms with Crippen molar-refractivity contribution in [2.24, 2.45) is 0 Å². The number of phenols is 1. The molecule has 0 radical (unpaired) electrons. The number of aromatic nitrogens is 1. The summed E-state index contributed by atoms with van der Waals surface area (Å²) in [7, 11) is 0. The number of ketones is 1. The lowest BCUT2D eigenvalue weighted by Crippen LogP contribution is -2.37. The normalized spacial score (nSPS) is 14.6. The molecule has 1 aliphatic carbocycles. The van der Waals surface area contributed by atoms with Crippen LogP contribution < -0.4 is 5.56 Å². The maximum Gasteiger partial charge on any atom is 0.416 e. The molecule has 0 aliphatic heterocycles. The van der Waals surface area contributed by atoms with Crippen molar-refractivity contribution in [3.8, 4) is 16.9 Å². The first-order valence-corrected chi connectivity index (χ1v) is 14.7. The van der Waals surface area contributed by atoms with Gasteiger partial charge in [-0.3, -0.25) is 14.5 Å². The summed E-state index contributed by atoms with van der Waals surface area (Å²) in [5.74, 6) is -0.351. The van der Waals surface area contributed by atoms with Gasteiger partial charge in [-0.15, -0.1) is 18.3 Å². The number of hydrogen-bond donors (Lipinski definition) is 2. The smallest absolute Gasteiger partial charge is 0.416 e. The monoisotopic (exact) mass is 592 g/mol. The predicted molar refractivity (Wildman–Crippen MR) is 155 cm³/mol. The molecule has 1 aliphatic rings. The molecule has 0 amide bonds. The van der Waals surface area contributed by atoms with E-state index in [9.17, 15) is 27.9 Å². The van der Waals surface area contributed by atoms with Crippen molar-refractivity contribution >= 4 is 40.0 Å². The van der Waals surface area contributed by atoms with E-state index in [2.05, 4.69) is 16.5 Å². The Hall–Kier alpha value is -2.75. The second-order valence-electron chi connectivity index (χ2n) is 10.1. The Morgan fingerprint density at radius 3 is 2.62 bits per heavy atom. The fraction of sp³-hybridized carbons (Fsp3) is 0.400. The van der Waals surface area contributed by atoms with Crippen molar-refractivity contribution < 1.29 is 23.1 Å². The minimum absolute atomic E-state index is 0.0350. The Morgan fingerprint density at radius 1 is 1.18 bits per heavy atom. The minimum Gasteiger partial charge on any atom is -0.507 e. The van der Waals surface area contributed by atoms with Gasteiger partial charge < -0.3 is 10.1 Å². The molecular weight excluding hydrogens is 561 g/mol. The molecule has 0 saturated heterocycles. The maximum absolute atomic E-state index is 13.6. The molecule has 40 heavy (non-hydrogen) atoms. The summed E-state index contributed by atoms with van der Waals surface area (Å²) >= 11 is 7.11. The number of alkyl halides is 3. The van der Waals surface area contributed by atoms with Crippen LogP contribution in [-0.2, 0) is 11.0 Å². The van der Waals surface area contributed by atoms with Crippen LogP contribution in [0.3, 0.4) is 0 Å². The number of carbonyl (C=O) groups is 1. The van der Waals surface area contributed by atoms with Crippen LogP contribution >= 0.6 is 23.4 Å². The van der Waals surface area contributed by atoms with Crippen LogP contribution in [0.2, 0.25) is 5.02 Å². The van der Waals surface area contributed by atoms with E-state index in [1.165, 1.54) is 43.5 Å². The van der Waals surface area contributed by atoms with Gasteiger partial charge in [-0.2, -0.15) is 13.2 Å². The zero-order valence-corrected chi connectivity index (χ0v) is 23.6. The first-order valence-electron chi connectivity index (χ1n) is 13.3. The number of halogens is 4. The molecule has 1 aromatic heterocycles. The molecule has 2 N–H and O–H groups in total. The van der Waals surface area contributed by atoms with E-state index in [1.54, 1.807) is 0 Å². The van der Waals surface area contributed by atoms with Gasteiger partial charge in [-0.1, -0.05) is 36.9 Å². The number of pyridine rings is 1. The number of carbonyl (C=O) groups excluding carboxylic acids is 1. The van der Waals surface area contributed by atoms with Crippen LogP contribution in [0.1, 0.15) is 50.5 Å². The molecule has 214 valence electrons. The van der Waals surface area contributed by atoms with Gasteiger partial charge in [-0.25, -0.2) is 0 Å². The van der Waals surface area contributed by atoms with Gasteiger partial charge in [0.05, 0.1) is 16.2 Å². The lowest BCUT2D eigenvalue weighted by atomic mass is 9.94. The number of nitrogens with one attached hydrogen (secondary N) is 1. The number of rotatable bonds is 11. The SMILES string of the molecule is C=CCN(CCCC(=O)CSc1c(-c2cc(Cl)ccc2O)c2cc(C(F)(F)F)ccc2[nH]c1=O)C1CCCCC1.